The third kappa shape index (κ3) is 5.89. The van der Waals surface area contributed by atoms with E-state index in [4.69, 9.17) is 16.3 Å². The highest BCUT2D eigenvalue weighted by atomic mass is 79.9. The normalized spacial score (nSPS) is 12.6. The predicted octanol–water partition coefficient (Wildman–Crippen LogP) is 4.66. The minimum atomic E-state index is 0.493. The Morgan fingerprint density at radius 3 is 2.71 bits per heavy atom. The quantitative estimate of drug-likeness (QED) is 0.500. The average molecular weight is 320 g/mol. The van der Waals surface area contributed by atoms with Crippen molar-refractivity contribution in [3.05, 3.63) is 34.3 Å². The summed E-state index contributed by atoms with van der Waals surface area (Å²) in [6.07, 6.45) is 3.13. The second-order valence-corrected chi connectivity index (χ2v) is 5.38. The Kier molecular flexibility index (Phi) is 7.91. The van der Waals surface area contributed by atoms with Crippen molar-refractivity contribution >= 4 is 27.5 Å². The Labute approximate surface area is 118 Å². The number of ether oxygens (including phenoxy) is 1. The van der Waals surface area contributed by atoms with Crippen LogP contribution in [0.5, 0.6) is 0 Å². The van der Waals surface area contributed by atoms with Gasteiger partial charge in [-0.05, 0) is 36.8 Å². The Hall–Kier alpha value is -0.0500. The summed E-state index contributed by atoms with van der Waals surface area (Å²) in [6.45, 7) is 3.79. The number of rotatable bonds is 8. The van der Waals surface area contributed by atoms with Crippen LogP contribution in [0.1, 0.15) is 25.3 Å². The summed E-state index contributed by atoms with van der Waals surface area (Å²) in [4.78, 5) is 0. The molecular formula is C14H20BrClO. The highest BCUT2D eigenvalue weighted by molar-refractivity contribution is 9.10. The summed E-state index contributed by atoms with van der Waals surface area (Å²) >= 11 is 9.58. The van der Waals surface area contributed by atoms with Crippen LogP contribution in [0, 0.1) is 5.92 Å². The number of benzene rings is 1. The summed E-state index contributed by atoms with van der Waals surface area (Å²) in [7, 11) is 0. The van der Waals surface area contributed by atoms with E-state index in [2.05, 4.69) is 41.1 Å². The second kappa shape index (κ2) is 8.96. The molecule has 0 fully saturated rings. The average Bonchev–Trinajstić information content (AvgIpc) is 2.35. The molecule has 0 aromatic heterocycles. The second-order valence-electron chi connectivity index (χ2n) is 4.22. The van der Waals surface area contributed by atoms with Crippen LogP contribution < -0.4 is 0 Å². The molecule has 1 unspecified atom stereocenters. The molecule has 0 aliphatic carbocycles. The highest BCUT2D eigenvalue weighted by Crippen LogP contribution is 2.21. The van der Waals surface area contributed by atoms with Gasteiger partial charge >= 0.3 is 0 Å². The van der Waals surface area contributed by atoms with E-state index in [0.29, 0.717) is 11.8 Å². The molecule has 17 heavy (non-hydrogen) atoms. The standard InChI is InChI=1S/C14H20BrClO/c1-2-8-17-9-7-12(11-16)10-13-5-3-4-6-14(13)15/h3-6,12H,2,7-11H2,1H3. The van der Waals surface area contributed by atoms with Gasteiger partial charge in [-0.25, -0.2) is 0 Å². The van der Waals surface area contributed by atoms with E-state index in [-0.39, 0.29) is 0 Å². The molecule has 1 nitrogen and oxygen atoms in total. The summed E-state index contributed by atoms with van der Waals surface area (Å²) < 4.78 is 6.68. The van der Waals surface area contributed by atoms with Crippen molar-refractivity contribution in [1.29, 1.82) is 0 Å². The Balaban J connectivity index is 2.38. The molecule has 0 aliphatic rings. The van der Waals surface area contributed by atoms with Crippen molar-refractivity contribution < 1.29 is 4.74 Å². The van der Waals surface area contributed by atoms with E-state index in [0.717, 1.165) is 32.5 Å². The Morgan fingerprint density at radius 1 is 1.29 bits per heavy atom. The molecule has 0 saturated heterocycles. The summed E-state index contributed by atoms with van der Waals surface area (Å²) in [5, 5.41) is 0. The van der Waals surface area contributed by atoms with Gasteiger partial charge in [0.15, 0.2) is 0 Å². The SMILES string of the molecule is CCCOCCC(CCl)Cc1ccccc1Br. The van der Waals surface area contributed by atoms with Crippen molar-refractivity contribution in [2.24, 2.45) is 5.92 Å². The smallest absolute Gasteiger partial charge is 0.0469 e. The number of alkyl halides is 1. The number of hydrogen-bond donors (Lipinski definition) is 0. The van der Waals surface area contributed by atoms with Gasteiger partial charge in [0.2, 0.25) is 0 Å². The van der Waals surface area contributed by atoms with E-state index >= 15 is 0 Å². The van der Waals surface area contributed by atoms with E-state index in [9.17, 15) is 0 Å². The molecule has 1 aromatic rings. The fourth-order valence-corrected chi connectivity index (χ4v) is 2.42. The van der Waals surface area contributed by atoms with Crippen molar-refractivity contribution in [2.45, 2.75) is 26.2 Å². The number of hydrogen-bond acceptors (Lipinski definition) is 1. The van der Waals surface area contributed by atoms with Crippen molar-refractivity contribution in [1.82, 2.24) is 0 Å². The van der Waals surface area contributed by atoms with Crippen molar-refractivity contribution in [2.75, 3.05) is 19.1 Å². The first-order chi connectivity index (χ1) is 8.27. The molecule has 1 aromatic carbocycles. The van der Waals surface area contributed by atoms with Crippen LogP contribution in [0.2, 0.25) is 0 Å². The topological polar surface area (TPSA) is 9.23 Å². The van der Waals surface area contributed by atoms with Gasteiger partial charge < -0.3 is 4.74 Å². The Bertz CT molecular complexity index is 317. The third-order valence-corrected chi connectivity index (χ3v) is 3.91. The van der Waals surface area contributed by atoms with Gasteiger partial charge in [0.25, 0.3) is 0 Å². The van der Waals surface area contributed by atoms with E-state index in [1.165, 1.54) is 10.0 Å². The minimum absolute atomic E-state index is 0.493. The van der Waals surface area contributed by atoms with Crippen LogP contribution in [0.25, 0.3) is 0 Å². The van der Waals surface area contributed by atoms with E-state index in [1.54, 1.807) is 0 Å². The molecule has 0 aliphatic heterocycles. The van der Waals surface area contributed by atoms with Gasteiger partial charge in [-0.3, -0.25) is 0 Å². The molecule has 0 radical (unpaired) electrons. The predicted molar refractivity (Wildman–Crippen MR) is 77.8 cm³/mol. The van der Waals surface area contributed by atoms with Crippen LogP contribution >= 0.6 is 27.5 Å². The van der Waals surface area contributed by atoms with Gasteiger partial charge in [0.05, 0.1) is 0 Å². The van der Waals surface area contributed by atoms with Gasteiger partial charge in [0, 0.05) is 23.6 Å². The summed E-state index contributed by atoms with van der Waals surface area (Å²) in [6, 6.07) is 8.33. The Morgan fingerprint density at radius 2 is 2.06 bits per heavy atom. The molecule has 96 valence electrons. The lowest BCUT2D eigenvalue weighted by atomic mass is 9.98. The van der Waals surface area contributed by atoms with Crippen LogP contribution in [0.4, 0.5) is 0 Å². The van der Waals surface area contributed by atoms with Gasteiger partial charge in [-0.2, -0.15) is 0 Å². The molecular weight excluding hydrogens is 300 g/mol. The minimum Gasteiger partial charge on any atom is -0.381 e. The third-order valence-electron chi connectivity index (χ3n) is 2.70. The molecule has 0 heterocycles. The largest absolute Gasteiger partial charge is 0.381 e. The van der Waals surface area contributed by atoms with E-state index in [1.807, 2.05) is 6.07 Å². The van der Waals surface area contributed by atoms with E-state index < -0.39 is 0 Å². The maximum atomic E-state index is 6.01. The lowest BCUT2D eigenvalue weighted by Crippen LogP contribution is -2.11. The highest BCUT2D eigenvalue weighted by Gasteiger charge is 2.10. The van der Waals surface area contributed by atoms with Crippen molar-refractivity contribution in [3.8, 4) is 0 Å². The maximum Gasteiger partial charge on any atom is 0.0469 e. The number of halogens is 2. The maximum absolute atomic E-state index is 6.01. The first-order valence-corrected chi connectivity index (χ1v) is 7.47. The fourth-order valence-electron chi connectivity index (χ4n) is 1.71. The zero-order valence-corrected chi connectivity index (χ0v) is 12.6. The van der Waals surface area contributed by atoms with Crippen molar-refractivity contribution in [3.63, 3.8) is 0 Å². The lowest BCUT2D eigenvalue weighted by Gasteiger charge is -2.14. The monoisotopic (exact) mass is 318 g/mol. The molecule has 0 spiro atoms. The first-order valence-electron chi connectivity index (χ1n) is 6.15. The molecule has 0 bridgehead atoms. The molecule has 0 saturated carbocycles. The van der Waals surface area contributed by atoms with Crippen LogP contribution in [0.3, 0.4) is 0 Å². The molecule has 3 heteroatoms. The lowest BCUT2D eigenvalue weighted by molar-refractivity contribution is 0.122. The molecule has 0 N–H and O–H groups in total. The van der Waals surface area contributed by atoms with Gasteiger partial charge in [-0.15, -0.1) is 11.6 Å². The van der Waals surface area contributed by atoms with Gasteiger partial charge in [0.1, 0.15) is 0 Å². The summed E-state index contributed by atoms with van der Waals surface area (Å²) in [5.74, 6) is 1.18. The van der Waals surface area contributed by atoms with Crippen LogP contribution in [-0.2, 0) is 11.2 Å². The fraction of sp³-hybridized carbons (Fsp3) is 0.571. The van der Waals surface area contributed by atoms with Gasteiger partial charge in [-0.1, -0.05) is 41.1 Å². The molecule has 1 atom stereocenters. The van der Waals surface area contributed by atoms with Crippen LogP contribution in [-0.4, -0.2) is 19.1 Å². The first kappa shape index (κ1) is 15.0. The zero-order valence-electron chi connectivity index (χ0n) is 10.3. The molecule has 0 amide bonds. The molecule has 1 rings (SSSR count). The zero-order chi connectivity index (χ0) is 12.5. The van der Waals surface area contributed by atoms with Crippen LogP contribution in [0.15, 0.2) is 28.7 Å². The summed E-state index contributed by atoms with van der Waals surface area (Å²) in [5.41, 5.74) is 1.33.